The minimum Gasteiger partial charge on any atom is -0.368 e. The molecule has 0 aromatic heterocycles. The highest BCUT2D eigenvalue weighted by atomic mass is 32.2. The highest BCUT2D eigenvalue weighted by Gasteiger charge is 2.27. The second kappa shape index (κ2) is 6.34. The van der Waals surface area contributed by atoms with Crippen molar-refractivity contribution in [2.24, 2.45) is 0 Å². The summed E-state index contributed by atoms with van der Waals surface area (Å²) in [6.07, 6.45) is 0. The molecule has 1 aliphatic rings. The fraction of sp³-hybridized carbons (Fsp3) is 0.600. The normalized spacial score (nSPS) is 17.5. The van der Waals surface area contributed by atoms with Gasteiger partial charge < -0.3 is 9.80 Å². The predicted molar refractivity (Wildman–Crippen MR) is 86.4 cm³/mol. The molecule has 0 atom stereocenters. The third-order valence-corrected chi connectivity index (χ3v) is 6.10. The monoisotopic (exact) mass is 311 g/mol. The Hall–Kier alpha value is -1.11. The van der Waals surface area contributed by atoms with Gasteiger partial charge in [0.1, 0.15) is 4.90 Å². The van der Waals surface area contributed by atoms with Gasteiger partial charge >= 0.3 is 0 Å². The fourth-order valence-corrected chi connectivity index (χ4v) is 4.01. The molecule has 1 aliphatic heterocycles. The van der Waals surface area contributed by atoms with Gasteiger partial charge in [-0.1, -0.05) is 19.1 Å². The molecule has 0 N–H and O–H groups in total. The van der Waals surface area contributed by atoms with Crippen LogP contribution in [0.5, 0.6) is 0 Å². The minimum absolute atomic E-state index is 0.444. The van der Waals surface area contributed by atoms with Crippen molar-refractivity contribution in [1.82, 2.24) is 9.21 Å². The van der Waals surface area contributed by atoms with Crippen molar-refractivity contribution in [3.05, 3.63) is 23.8 Å². The highest BCUT2D eigenvalue weighted by molar-refractivity contribution is 7.89. The van der Waals surface area contributed by atoms with Crippen LogP contribution in [0.4, 0.5) is 5.69 Å². The minimum atomic E-state index is -3.43. The summed E-state index contributed by atoms with van der Waals surface area (Å²) in [6, 6.07) is 5.72. The van der Waals surface area contributed by atoms with Gasteiger partial charge in [-0.2, -0.15) is 0 Å². The molecular weight excluding hydrogens is 286 g/mol. The van der Waals surface area contributed by atoms with Crippen LogP contribution in [-0.4, -0.2) is 64.4 Å². The molecule has 2 rings (SSSR count). The Bertz CT molecular complexity index is 591. The van der Waals surface area contributed by atoms with Gasteiger partial charge in [0, 0.05) is 40.3 Å². The maximum atomic E-state index is 12.6. The van der Waals surface area contributed by atoms with Crippen LogP contribution in [0.1, 0.15) is 12.5 Å². The summed E-state index contributed by atoms with van der Waals surface area (Å²) in [5.41, 5.74) is 1.64. The van der Waals surface area contributed by atoms with Gasteiger partial charge in [0.05, 0.1) is 5.69 Å². The molecule has 0 bridgehead atoms. The number of anilines is 1. The van der Waals surface area contributed by atoms with Crippen LogP contribution < -0.4 is 4.90 Å². The van der Waals surface area contributed by atoms with E-state index in [1.807, 2.05) is 25.1 Å². The number of piperazine rings is 1. The quantitative estimate of drug-likeness (QED) is 0.843. The van der Waals surface area contributed by atoms with E-state index in [0.29, 0.717) is 4.90 Å². The van der Waals surface area contributed by atoms with Crippen molar-refractivity contribution < 1.29 is 8.42 Å². The molecule has 0 spiro atoms. The Kier molecular flexibility index (Phi) is 4.91. The molecule has 1 aromatic carbocycles. The molecule has 6 heteroatoms. The van der Waals surface area contributed by atoms with Crippen LogP contribution in [0.3, 0.4) is 0 Å². The zero-order valence-corrected chi connectivity index (χ0v) is 14.2. The SMILES string of the molecule is CCN1CCN(c2cccc(C)c2S(=O)(=O)N(C)C)CC1. The number of hydrogen-bond donors (Lipinski definition) is 0. The number of nitrogens with zero attached hydrogens (tertiary/aromatic N) is 3. The molecule has 0 unspecified atom stereocenters. The van der Waals surface area contributed by atoms with Crippen molar-refractivity contribution in [2.45, 2.75) is 18.7 Å². The maximum Gasteiger partial charge on any atom is 0.244 e. The van der Waals surface area contributed by atoms with Crippen LogP contribution in [-0.2, 0) is 10.0 Å². The Balaban J connectivity index is 2.40. The van der Waals surface area contributed by atoms with Crippen LogP contribution in [0.2, 0.25) is 0 Å². The van der Waals surface area contributed by atoms with E-state index < -0.39 is 10.0 Å². The average molecular weight is 311 g/mol. The number of aryl methyl sites for hydroxylation is 1. The summed E-state index contributed by atoms with van der Waals surface area (Å²) in [7, 11) is -0.261. The molecule has 1 fully saturated rings. The first-order valence-electron chi connectivity index (χ1n) is 7.37. The number of benzene rings is 1. The average Bonchev–Trinajstić information content (AvgIpc) is 2.46. The van der Waals surface area contributed by atoms with Crippen molar-refractivity contribution in [3.8, 4) is 0 Å². The Morgan fingerprint density at radius 3 is 2.29 bits per heavy atom. The Morgan fingerprint density at radius 2 is 1.76 bits per heavy atom. The van der Waals surface area contributed by atoms with E-state index in [1.54, 1.807) is 14.1 Å². The van der Waals surface area contributed by atoms with Crippen LogP contribution in [0.25, 0.3) is 0 Å². The van der Waals surface area contributed by atoms with E-state index in [4.69, 9.17) is 0 Å². The first-order chi connectivity index (χ1) is 9.87. The number of rotatable bonds is 4. The molecule has 0 saturated carbocycles. The first kappa shape index (κ1) is 16.3. The van der Waals surface area contributed by atoms with Crippen molar-refractivity contribution in [2.75, 3.05) is 51.7 Å². The first-order valence-corrected chi connectivity index (χ1v) is 8.81. The summed E-state index contributed by atoms with van der Waals surface area (Å²) in [5, 5.41) is 0. The van der Waals surface area contributed by atoms with Crippen LogP contribution in [0.15, 0.2) is 23.1 Å². The molecule has 1 saturated heterocycles. The summed E-state index contributed by atoms with van der Waals surface area (Å²) >= 11 is 0. The molecule has 118 valence electrons. The van der Waals surface area contributed by atoms with Gasteiger partial charge in [0.2, 0.25) is 10.0 Å². The van der Waals surface area contributed by atoms with Crippen molar-refractivity contribution >= 4 is 15.7 Å². The number of hydrogen-bond acceptors (Lipinski definition) is 4. The van der Waals surface area contributed by atoms with Gasteiger partial charge in [0.15, 0.2) is 0 Å². The molecular formula is C15H25N3O2S. The molecule has 1 heterocycles. The molecule has 21 heavy (non-hydrogen) atoms. The second-order valence-electron chi connectivity index (χ2n) is 5.63. The zero-order valence-electron chi connectivity index (χ0n) is 13.3. The number of sulfonamides is 1. The van der Waals surface area contributed by atoms with Gasteiger partial charge in [-0.3, -0.25) is 0 Å². The largest absolute Gasteiger partial charge is 0.368 e. The van der Waals surface area contributed by atoms with Crippen molar-refractivity contribution in [3.63, 3.8) is 0 Å². The third-order valence-electron chi connectivity index (χ3n) is 4.09. The van der Waals surface area contributed by atoms with Crippen LogP contribution >= 0.6 is 0 Å². The lowest BCUT2D eigenvalue weighted by molar-refractivity contribution is 0.270. The smallest absolute Gasteiger partial charge is 0.244 e. The van der Waals surface area contributed by atoms with E-state index in [0.717, 1.165) is 44.0 Å². The van der Waals surface area contributed by atoms with Crippen LogP contribution in [0, 0.1) is 6.92 Å². The van der Waals surface area contributed by atoms with E-state index >= 15 is 0 Å². The summed E-state index contributed by atoms with van der Waals surface area (Å²) in [4.78, 5) is 5.02. The summed E-state index contributed by atoms with van der Waals surface area (Å²) in [6.45, 7) is 8.76. The lowest BCUT2D eigenvalue weighted by Gasteiger charge is -2.36. The molecule has 1 aromatic rings. The van der Waals surface area contributed by atoms with Gasteiger partial charge in [-0.05, 0) is 25.1 Å². The van der Waals surface area contributed by atoms with Gasteiger partial charge in [-0.25, -0.2) is 12.7 Å². The molecule has 0 amide bonds. The van der Waals surface area contributed by atoms with E-state index in [-0.39, 0.29) is 0 Å². The third kappa shape index (κ3) is 3.22. The lowest BCUT2D eigenvalue weighted by atomic mass is 10.2. The second-order valence-corrected chi connectivity index (χ2v) is 7.72. The predicted octanol–water partition coefficient (Wildman–Crippen LogP) is 1.39. The topological polar surface area (TPSA) is 43.9 Å². The fourth-order valence-electron chi connectivity index (χ4n) is 2.71. The number of likely N-dealkylation sites (N-methyl/N-ethyl adjacent to an activating group) is 1. The highest BCUT2D eigenvalue weighted by Crippen LogP contribution is 2.30. The lowest BCUT2D eigenvalue weighted by Crippen LogP contribution is -2.46. The van der Waals surface area contributed by atoms with Gasteiger partial charge in [-0.15, -0.1) is 0 Å². The summed E-state index contributed by atoms with van der Waals surface area (Å²) < 4.78 is 26.5. The van der Waals surface area contributed by atoms with E-state index in [2.05, 4.69) is 16.7 Å². The zero-order chi connectivity index (χ0) is 15.6. The van der Waals surface area contributed by atoms with E-state index in [9.17, 15) is 8.42 Å². The molecule has 0 radical (unpaired) electrons. The maximum absolute atomic E-state index is 12.6. The standard InChI is InChI=1S/C15H25N3O2S/c1-5-17-9-11-18(12-10-17)14-8-6-7-13(2)15(14)21(19,20)16(3)4/h6-8H,5,9-12H2,1-4H3. The Labute approximate surface area is 128 Å². The van der Waals surface area contributed by atoms with E-state index in [1.165, 1.54) is 4.31 Å². The van der Waals surface area contributed by atoms with Gasteiger partial charge in [0.25, 0.3) is 0 Å². The van der Waals surface area contributed by atoms with Crippen molar-refractivity contribution in [1.29, 1.82) is 0 Å². The molecule has 0 aliphatic carbocycles. The summed E-state index contributed by atoms with van der Waals surface area (Å²) in [5.74, 6) is 0. The Morgan fingerprint density at radius 1 is 1.14 bits per heavy atom. The molecule has 5 nitrogen and oxygen atoms in total.